The number of amides is 4. The number of hydrogen-bond acceptors (Lipinski definition) is 8. The molecule has 1 aromatic carbocycles. The second-order valence-electron chi connectivity index (χ2n) is 13.6. The summed E-state index contributed by atoms with van der Waals surface area (Å²) in [4.78, 5) is 55.8. The maximum absolute atomic E-state index is 13.9. The fraction of sp³-hybridized carbons (Fsp3) is 0.545. The Hall–Kier alpha value is -4.41. The van der Waals surface area contributed by atoms with Crippen LogP contribution in [-0.4, -0.2) is 77.4 Å². The number of rotatable bonds is 6. The summed E-state index contributed by atoms with van der Waals surface area (Å²) < 4.78 is 75.2. The predicted molar refractivity (Wildman–Crippen MR) is 173 cm³/mol. The highest BCUT2D eigenvalue weighted by Crippen LogP contribution is 2.47. The smallest absolute Gasteiger partial charge is 0.416 e. The van der Waals surface area contributed by atoms with Crippen molar-refractivity contribution in [1.82, 2.24) is 24.7 Å². The third kappa shape index (κ3) is 7.37. The van der Waals surface area contributed by atoms with Crippen molar-refractivity contribution in [2.45, 2.75) is 81.4 Å². The van der Waals surface area contributed by atoms with Crippen molar-refractivity contribution in [3.05, 3.63) is 53.9 Å². The van der Waals surface area contributed by atoms with Crippen molar-refractivity contribution in [3.63, 3.8) is 0 Å². The molecule has 17 heteroatoms. The molecule has 0 spiro atoms. The van der Waals surface area contributed by atoms with Crippen LogP contribution in [0.15, 0.2) is 42.6 Å². The van der Waals surface area contributed by atoms with Crippen LogP contribution < -0.4 is 15.4 Å². The van der Waals surface area contributed by atoms with Gasteiger partial charge in [-0.15, -0.1) is 0 Å². The number of benzene rings is 1. The van der Waals surface area contributed by atoms with E-state index in [-0.39, 0.29) is 36.5 Å². The van der Waals surface area contributed by atoms with Gasteiger partial charge in [0.25, 0.3) is 5.91 Å². The molecule has 6 rings (SSSR count). The molecule has 0 saturated heterocycles. The molecular formula is C33H39F3N6O7S. The number of aryl methyl sites for hydroxylation is 1. The monoisotopic (exact) mass is 720 g/mol. The Labute approximate surface area is 287 Å². The minimum absolute atomic E-state index is 0.0546. The molecule has 0 unspecified atom stereocenters. The molecule has 4 aliphatic rings. The van der Waals surface area contributed by atoms with Crippen molar-refractivity contribution in [2.75, 3.05) is 18.9 Å². The van der Waals surface area contributed by atoms with Crippen LogP contribution in [0.5, 0.6) is 0 Å². The van der Waals surface area contributed by atoms with Gasteiger partial charge in [-0.2, -0.15) is 18.3 Å². The topological polar surface area (TPSA) is 169 Å². The lowest BCUT2D eigenvalue weighted by Crippen LogP contribution is -2.54. The lowest BCUT2D eigenvalue weighted by atomic mass is 9.93. The van der Waals surface area contributed by atoms with E-state index in [1.54, 1.807) is 26.1 Å². The molecule has 50 heavy (non-hydrogen) atoms. The Kier molecular flexibility index (Phi) is 9.47. The van der Waals surface area contributed by atoms with Crippen LogP contribution in [0, 0.1) is 24.7 Å². The number of sulfonamides is 1. The number of hydrogen-bond donors (Lipinski definition) is 3. The third-order valence-electron chi connectivity index (χ3n) is 9.89. The molecule has 13 nitrogen and oxygen atoms in total. The first-order chi connectivity index (χ1) is 23.6. The molecule has 3 aliphatic carbocycles. The molecule has 3 fully saturated rings. The van der Waals surface area contributed by atoms with E-state index in [1.165, 1.54) is 21.8 Å². The molecule has 270 valence electrons. The Balaban J connectivity index is 1.22. The summed E-state index contributed by atoms with van der Waals surface area (Å²) in [6.45, 7) is 2.11. The van der Waals surface area contributed by atoms with Crippen LogP contribution in [0.1, 0.15) is 62.6 Å². The van der Waals surface area contributed by atoms with Crippen molar-refractivity contribution in [3.8, 4) is 5.69 Å². The zero-order valence-corrected chi connectivity index (χ0v) is 28.4. The van der Waals surface area contributed by atoms with Crippen LogP contribution in [0.3, 0.4) is 0 Å². The van der Waals surface area contributed by atoms with Gasteiger partial charge in [-0.3, -0.25) is 24.4 Å². The number of allylic oxidation sites excluding steroid dienone is 1. The summed E-state index contributed by atoms with van der Waals surface area (Å²) in [6, 6.07) is 4.46. The Morgan fingerprint density at radius 1 is 1.10 bits per heavy atom. The summed E-state index contributed by atoms with van der Waals surface area (Å²) in [5.41, 5.74) is -2.00. The molecule has 5 atom stereocenters. The average molecular weight is 721 g/mol. The van der Waals surface area contributed by atoms with Gasteiger partial charge in [-0.25, -0.2) is 17.9 Å². The number of nitrogens with one attached hydrogen (secondary N) is 3. The molecule has 2 heterocycles. The lowest BCUT2D eigenvalue weighted by Gasteiger charge is -2.26. The minimum atomic E-state index is -4.70. The molecule has 4 amide bonds. The number of nitrogens with zero attached hydrogens (tertiary/aromatic N) is 3. The van der Waals surface area contributed by atoms with E-state index < -0.39 is 74.3 Å². The minimum Gasteiger partial charge on any atom is -0.446 e. The lowest BCUT2D eigenvalue weighted by molar-refractivity contribution is -0.140. The summed E-state index contributed by atoms with van der Waals surface area (Å²) in [6.07, 6.45) is 1.33. The van der Waals surface area contributed by atoms with Gasteiger partial charge in [0.15, 0.2) is 0 Å². The largest absolute Gasteiger partial charge is 0.446 e. The molecule has 1 aromatic heterocycles. The third-order valence-corrected chi connectivity index (χ3v) is 11.7. The van der Waals surface area contributed by atoms with Gasteiger partial charge in [0.1, 0.15) is 11.6 Å². The van der Waals surface area contributed by atoms with Gasteiger partial charge in [-0.1, -0.05) is 12.2 Å². The summed E-state index contributed by atoms with van der Waals surface area (Å²) in [5, 5.41) is 8.62. The van der Waals surface area contributed by atoms with Crippen LogP contribution in [0.25, 0.3) is 5.69 Å². The molecule has 3 N–H and O–H groups in total. The Bertz CT molecular complexity index is 1830. The van der Waals surface area contributed by atoms with E-state index in [4.69, 9.17) is 4.74 Å². The van der Waals surface area contributed by atoms with Gasteiger partial charge in [-0.05, 0) is 82.6 Å². The van der Waals surface area contributed by atoms with Crippen LogP contribution >= 0.6 is 0 Å². The number of ether oxygens (including phenoxy) is 1. The SMILES string of the molecule is Cc1ccnn1-c1ccc(C(F)(F)F)cc1NC(=O)O[C@@H]1C[C@H]2C(=O)N[C@]3(C(=O)NS(=O)(=O)C4CC4)C[C@H]3/C=C\CCCCN(C)C(=O)[C@@H]2C1. The maximum atomic E-state index is 13.9. The Morgan fingerprint density at radius 2 is 1.84 bits per heavy atom. The molecule has 3 saturated carbocycles. The van der Waals surface area contributed by atoms with E-state index >= 15 is 0 Å². The first-order valence-electron chi connectivity index (χ1n) is 16.6. The first kappa shape index (κ1) is 35.4. The molecular weight excluding hydrogens is 681 g/mol. The van der Waals surface area contributed by atoms with E-state index in [2.05, 4.69) is 20.5 Å². The number of aromatic nitrogens is 2. The first-order valence-corrected chi connectivity index (χ1v) is 18.1. The van der Waals surface area contributed by atoms with Gasteiger partial charge in [0.2, 0.25) is 21.8 Å². The maximum Gasteiger partial charge on any atom is 0.416 e. The van der Waals surface area contributed by atoms with Gasteiger partial charge in [0, 0.05) is 31.4 Å². The highest BCUT2D eigenvalue weighted by Gasteiger charge is 2.62. The van der Waals surface area contributed by atoms with Gasteiger partial charge < -0.3 is 15.0 Å². The fourth-order valence-electron chi connectivity index (χ4n) is 6.80. The summed E-state index contributed by atoms with van der Waals surface area (Å²) >= 11 is 0. The van der Waals surface area contributed by atoms with Crippen molar-refractivity contribution < 1.29 is 45.5 Å². The number of fused-ring (bicyclic) bond motifs is 2. The van der Waals surface area contributed by atoms with Crippen molar-refractivity contribution >= 4 is 39.5 Å². The number of anilines is 1. The predicted octanol–water partition coefficient (Wildman–Crippen LogP) is 3.82. The number of carbonyl (C=O) groups excluding carboxylic acids is 4. The number of carbonyl (C=O) groups is 4. The van der Waals surface area contributed by atoms with Gasteiger partial charge in [0.05, 0.1) is 34.0 Å². The average Bonchev–Trinajstić information content (AvgIpc) is 3.93. The molecule has 1 aliphatic heterocycles. The fourth-order valence-corrected chi connectivity index (χ4v) is 8.16. The van der Waals surface area contributed by atoms with E-state index in [9.17, 15) is 40.8 Å². The molecule has 0 bridgehead atoms. The second-order valence-corrected chi connectivity index (χ2v) is 15.5. The van der Waals surface area contributed by atoms with E-state index in [0.29, 0.717) is 37.9 Å². The van der Waals surface area contributed by atoms with E-state index in [1.807, 2.05) is 6.08 Å². The van der Waals surface area contributed by atoms with E-state index in [0.717, 1.165) is 18.6 Å². The van der Waals surface area contributed by atoms with Gasteiger partial charge >= 0.3 is 12.3 Å². The van der Waals surface area contributed by atoms with Crippen molar-refractivity contribution in [2.24, 2.45) is 17.8 Å². The standard InChI is InChI=1S/C33H39F3N6O7S/c1-19-12-13-37-42(19)27-11-8-20(33(34,35)36)15-26(27)38-31(46)49-22-16-24-25(17-22)29(44)41(2)14-6-4-3-5-7-21-18-32(21,39-28(24)43)30(45)40-50(47,48)23-9-10-23/h5,7-8,11-13,15,21-25H,3-4,6,9-10,14,16-18H2,1-2H3,(H,38,46)(H,39,43)(H,40,45)/b7-5-/t21-,22-,24-,25-,32-/m1/s1. The molecule has 0 radical (unpaired) electrons. The summed E-state index contributed by atoms with van der Waals surface area (Å²) in [7, 11) is -2.29. The van der Waals surface area contributed by atoms with Crippen molar-refractivity contribution in [1.29, 1.82) is 0 Å². The number of alkyl halides is 3. The normalized spacial score (nSPS) is 28.1. The molecule has 2 aromatic rings. The highest BCUT2D eigenvalue weighted by atomic mass is 32.2. The van der Waals surface area contributed by atoms with Crippen LogP contribution in [0.2, 0.25) is 0 Å². The van der Waals surface area contributed by atoms with Crippen LogP contribution in [0.4, 0.5) is 23.7 Å². The number of halogens is 3. The highest BCUT2D eigenvalue weighted by molar-refractivity contribution is 7.91. The zero-order valence-electron chi connectivity index (χ0n) is 27.5. The quantitative estimate of drug-likeness (QED) is 0.379. The van der Waals surface area contributed by atoms with Crippen LogP contribution in [-0.2, 0) is 35.3 Å². The second kappa shape index (κ2) is 13.4. The Morgan fingerprint density at radius 3 is 2.52 bits per heavy atom. The summed E-state index contributed by atoms with van der Waals surface area (Å²) in [5.74, 6) is -4.31. The zero-order chi connectivity index (χ0) is 36.0.